The maximum Gasteiger partial charge on any atom is 0.243 e. The molecule has 5 nitrogen and oxygen atoms in total. The molecular weight excluding hydrogens is 332 g/mol. The Morgan fingerprint density at radius 2 is 2.16 bits per heavy atom. The Hall–Kier alpha value is -0.630. The predicted octanol–water partition coefficient (Wildman–Crippen LogP) is 1.83. The summed E-state index contributed by atoms with van der Waals surface area (Å²) < 4.78 is 32.5. The summed E-state index contributed by atoms with van der Waals surface area (Å²) in [5, 5.41) is 0. The Morgan fingerprint density at radius 3 is 2.68 bits per heavy atom. The minimum Gasteiger partial charge on any atom is -0.398 e. The Labute approximate surface area is 121 Å². The minimum atomic E-state index is -3.53. The first kappa shape index (κ1) is 14.8. The number of halogens is 1. The van der Waals surface area contributed by atoms with Gasteiger partial charge >= 0.3 is 0 Å². The normalized spacial score (nSPS) is 24.0. The van der Waals surface area contributed by atoms with Crippen molar-refractivity contribution in [3.05, 3.63) is 22.7 Å². The first-order chi connectivity index (χ1) is 8.84. The van der Waals surface area contributed by atoms with E-state index in [1.165, 1.54) is 16.4 Å². The van der Waals surface area contributed by atoms with E-state index >= 15 is 0 Å². The summed E-state index contributed by atoms with van der Waals surface area (Å²) in [5.74, 6) is 0. The zero-order valence-electron chi connectivity index (χ0n) is 10.8. The van der Waals surface area contributed by atoms with Crippen LogP contribution in [0.15, 0.2) is 27.6 Å². The van der Waals surface area contributed by atoms with E-state index in [0.29, 0.717) is 23.2 Å². The number of likely N-dealkylation sites (N-methyl/N-ethyl adjacent to an activating group) is 1. The molecule has 2 unspecified atom stereocenters. The van der Waals surface area contributed by atoms with Gasteiger partial charge in [0.25, 0.3) is 0 Å². The number of nitrogens with two attached hydrogens (primary N) is 1. The van der Waals surface area contributed by atoms with Crippen LogP contribution in [0.1, 0.15) is 13.3 Å². The molecule has 1 aromatic carbocycles. The fourth-order valence-corrected chi connectivity index (χ4v) is 4.21. The molecule has 0 amide bonds. The third-order valence-corrected chi connectivity index (χ3v) is 6.02. The number of hydrogen-bond donors (Lipinski definition) is 1. The standard InChI is InChI=1S/C12H17BrN2O3S/c1-8-12(5-6-18-8)15(2)19(16,17)9-3-4-11(14)10(13)7-9/h3-4,7-8,12H,5-6,14H2,1-2H3. The van der Waals surface area contributed by atoms with Crippen LogP contribution in [0, 0.1) is 0 Å². The van der Waals surface area contributed by atoms with Crippen LogP contribution in [0.4, 0.5) is 5.69 Å². The largest absolute Gasteiger partial charge is 0.398 e. The zero-order valence-corrected chi connectivity index (χ0v) is 13.2. The van der Waals surface area contributed by atoms with E-state index in [0.717, 1.165) is 0 Å². The van der Waals surface area contributed by atoms with E-state index in [9.17, 15) is 8.42 Å². The molecule has 0 radical (unpaired) electrons. The van der Waals surface area contributed by atoms with Gasteiger partial charge in [-0.15, -0.1) is 0 Å². The Bertz CT molecular complexity index is 576. The molecule has 2 N–H and O–H groups in total. The molecule has 2 rings (SSSR count). The Kier molecular flexibility index (Phi) is 4.20. The van der Waals surface area contributed by atoms with E-state index in [2.05, 4.69) is 15.9 Å². The summed E-state index contributed by atoms with van der Waals surface area (Å²) in [6.07, 6.45) is 0.629. The monoisotopic (exact) mass is 348 g/mol. The van der Waals surface area contributed by atoms with Gasteiger partial charge in [0.05, 0.1) is 17.0 Å². The lowest BCUT2D eigenvalue weighted by atomic mass is 10.2. The van der Waals surface area contributed by atoms with Crippen LogP contribution in [0.2, 0.25) is 0 Å². The molecule has 1 saturated heterocycles. The van der Waals surface area contributed by atoms with Crippen molar-refractivity contribution < 1.29 is 13.2 Å². The molecule has 7 heteroatoms. The second-order valence-corrected chi connectivity index (χ2v) is 7.49. The molecule has 106 valence electrons. The SMILES string of the molecule is CC1OCCC1N(C)S(=O)(=O)c1ccc(N)c(Br)c1. The number of benzene rings is 1. The van der Waals surface area contributed by atoms with E-state index in [-0.39, 0.29) is 17.0 Å². The summed E-state index contributed by atoms with van der Waals surface area (Å²) >= 11 is 3.25. The highest BCUT2D eigenvalue weighted by atomic mass is 79.9. The van der Waals surface area contributed by atoms with Crippen LogP contribution in [0.3, 0.4) is 0 Å². The quantitative estimate of drug-likeness (QED) is 0.845. The first-order valence-corrected chi connectivity index (χ1v) is 8.22. The second kappa shape index (κ2) is 5.40. The molecule has 1 fully saturated rings. The van der Waals surface area contributed by atoms with Crippen LogP contribution in [0.5, 0.6) is 0 Å². The first-order valence-electron chi connectivity index (χ1n) is 5.98. The molecule has 0 spiro atoms. The van der Waals surface area contributed by atoms with Gasteiger partial charge in [-0.1, -0.05) is 0 Å². The highest BCUT2D eigenvalue weighted by molar-refractivity contribution is 9.10. The fraction of sp³-hybridized carbons (Fsp3) is 0.500. The molecule has 1 aliphatic heterocycles. The minimum absolute atomic E-state index is 0.0861. The van der Waals surface area contributed by atoms with Crippen LogP contribution in [-0.2, 0) is 14.8 Å². The van der Waals surface area contributed by atoms with Gasteiger partial charge in [-0.25, -0.2) is 8.42 Å². The molecule has 1 aromatic rings. The number of rotatable bonds is 3. The van der Waals surface area contributed by atoms with Gasteiger partial charge in [0, 0.05) is 23.8 Å². The summed E-state index contributed by atoms with van der Waals surface area (Å²) in [7, 11) is -1.93. The topological polar surface area (TPSA) is 72.6 Å². The molecule has 0 saturated carbocycles. The summed E-state index contributed by atoms with van der Waals surface area (Å²) in [6.45, 7) is 2.49. The summed E-state index contributed by atoms with van der Waals surface area (Å²) in [5.41, 5.74) is 6.19. The fourth-order valence-electron chi connectivity index (χ4n) is 2.21. The average molecular weight is 349 g/mol. The highest BCUT2D eigenvalue weighted by Crippen LogP contribution is 2.28. The lowest BCUT2D eigenvalue weighted by molar-refractivity contribution is 0.102. The van der Waals surface area contributed by atoms with Crippen molar-refractivity contribution in [2.45, 2.75) is 30.4 Å². The number of hydrogen-bond acceptors (Lipinski definition) is 4. The molecule has 0 bridgehead atoms. The van der Waals surface area contributed by atoms with Gasteiger partial charge in [-0.3, -0.25) is 0 Å². The molecular formula is C12H17BrN2O3S. The molecule has 0 aliphatic carbocycles. The van der Waals surface area contributed by atoms with Gasteiger partial charge in [0.15, 0.2) is 0 Å². The van der Waals surface area contributed by atoms with Crippen LogP contribution < -0.4 is 5.73 Å². The molecule has 1 heterocycles. The van der Waals surface area contributed by atoms with Gasteiger partial charge in [0.1, 0.15) is 0 Å². The third-order valence-electron chi connectivity index (χ3n) is 3.45. The molecule has 1 aliphatic rings. The summed E-state index contributed by atoms with van der Waals surface area (Å²) in [4.78, 5) is 0.232. The van der Waals surface area contributed by atoms with Crippen molar-refractivity contribution in [2.24, 2.45) is 0 Å². The van der Waals surface area contributed by atoms with Crippen molar-refractivity contribution in [1.82, 2.24) is 4.31 Å². The lowest BCUT2D eigenvalue weighted by Crippen LogP contribution is -2.40. The summed E-state index contributed by atoms with van der Waals surface area (Å²) in [6, 6.07) is 4.51. The van der Waals surface area contributed by atoms with Gasteiger partial charge in [-0.2, -0.15) is 4.31 Å². The number of ether oxygens (including phenoxy) is 1. The average Bonchev–Trinajstić information content (AvgIpc) is 2.77. The van der Waals surface area contributed by atoms with Gasteiger partial charge < -0.3 is 10.5 Å². The Balaban J connectivity index is 2.33. The molecule has 0 aromatic heterocycles. The van der Waals surface area contributed by atoms with Crippen molar-refractivity contribution in [1.29, 1.82) is 0 Å². The van der Waals surface area contributed by atoms with Crippen LogP contribution >= 0.6 is 15.9 Å². The smallest absolute Gasteiger partial charge is 0.243 e. The van der Waals surface area contributed by atoms with Gasteiger partial charge in [0.2, 0.25) is 10.0 Å². The van der Waals surface area contributed by atoms with Crippen molar-refractivity contribution >= 4 is 31.6 Å². The predicted molar refractivity (Wildman–Crippen MR) is 77.3 cm³/mol. The van der Waals surface area contributed by atoms with Crippen LogP contribution in [-0.4, -0.2) is 38.5 Å². The van der Waals surface area contributed by atoms with Crippen molar-refractivity contribution in [3.63, 3.8) is 0 Å². The lowest BCUT2D eigenvalue weighted by Gasteiger charge is -2.26. The van der Waals surface area contributed by atoms with E-state index in [1.807, 2.05) is 6.92 Å². The number of nitrogen functional groups attached to an aromatic ring is 1. The molecule has 19 heavy (non-hydrogen) atoms. The van der Waals surface area contributed by atoms with E-state index < -0.39 is 10.0 Å². The maximum atomic E-state index is 12.5. The second-order valence-electron chi connectivity index (χ2n) is 4.64. The highest BCUT2D eigenvalue weighted by Gasteiger charge is 2.35. The van der Waals surface area contributed by atoms with E-state index in [1.54, 1.807) is 13.1 Å². The zero-order chi connectivity index (χ0) is 14.2. The third kappa shape index (κ3) is 2.79. The van der Waals surface area contributed by atoms with E-state index in [4.69, 9.17) is 10.5 Å². The molecule has 2 atom stereocenters. The van der Waals surface area contributed by atoms with Crippen molar-refractivity contribution in [2.75, 3.05) is 19.4 Å². The maximum absolute atomic E-state index is 12.5. The van der Waals surface area contributed by atoms with Crippen molar-refractivity contribution in [3.8, 4) is 0 Å². The number of nitrogens with zero attached hydrogens (tertiary/aromatic N) is 1. The number of anilines is 1. The Morgan fingerprint density at radius 1 is 1.47 bits per heavy atom. The number of sulfonamides is 1. The van der Waals surface area contributed by atoms with Crippen LogP contribution in [0.25, 0.3) is 0 Å². The van der Waals surface area contributed by atoms with Gasteiger partial charge in [-0.05, 0) is 47.5 Å².